The molecule has 106 valence electrons. The lowest BCUT2D eigenvalue weighted by atomic mass is 9.86. The Hall–Kier alpha value is -1.15. The summed E-state index contributed by atoms with van der Waals surface area (Å²) in [6.07, 6.45) is 0.507. The Morgan fingerprint density at radius 2 is 1.53 bits per heavy atom. The molecule has 0 aromatic heterocycles. The maximum atomic E-state index is 11.9. The van der Waals surface area contributed by atoms with E-state index in [0.717, 1.165) is 5.56 Å². The molecule has 1 aromatic carbocycles. The number of carbonyl (C=O) groups is 1. The van der Waals surface area contributed by atoms with Gasteiger partial charge in [-0.25, -0.2) is 0 Å². The van der Waals surface area contributed by atoms with Crippen molar-refractivity contribution in [2.24, 2.45) is 0 Å². The molecule has 0 heterocycles. The summed E-state index contributed by atoms with van der Waals surface area (Å²) < 4.78 is 0. The summed E-state index contributed by atoms with van der Waals surface area (Å²) >= 11 is 0. The number of nitrogens with one attached hydrogen (secondary N) is 1. The average Bonchev–Trinajstić information content (AvgIpc) is 2.25. The highest BCUT2D eigenvalue weighted by Crippen LogP contribution is 2.22. The van der Waals surface area contributed by atoms with E-state index in [0.29, 0.717) is 13.0 Å². The molecule has 0 aliphatic rings. The maximum Gasteiger partial charge on any atom is 0.150 e. The lowest BCUT2D eigenvalue weighted by Gasteiger charge is -2.20. The Morgan fingerprint density at radius 3 is 1.95 bits per heavy atom. The molecule has 0 bridgehead atoms. The Kier molecular flexibility index (Phi) is 4.92. The van der Waals surface area contributed by atoms with Crippen molar-refractivity contribution >= 4 is 5.78 Å². The summed E-state index contributed by atoms with van der Waals surface area (Å²) in [6, 6.07) is 8.38. The van der Waals surface area contributed by atoms with Crippen molar-refractivity contribution < 1.29 is 4.79 Å². The molecule has 0 unspecified atom stereocenters. The average molecular weight is 261 g/mol. The normalized spacial score (nSPS) is 12.5. The molecule has 0 amide bonds. The molecule has 1 rings (SSSR count). The van der Waals surface area contributed by atoms with Crippen LogP contribution in [0.15, 0.2) is 24.3 Å². The van der Waals surface area contributed by atoms with Crippen molar-refractivity contribution in [3.63, 3.8) is 0 Å². The van der Waals surface area contributed by atoms with E-state index in [1.807, 2.05) is 0 Å². The summed E-state index contributed by atoms with van der Waals surface area (Å²) in [5.41, 5.74) is 2.55. The van der Waals surface area contributed by atoms with Crippen molar-refractivity contribution in [2.45, 2.75) is 58.9 Å². The molecule has 0 fully saturated rings. The standard InChI is InChI=1S/C17H27NO/c1-16(2,3)14-9-7-13(8-10-14)11-15(19)12-18-17(4,5)6/h7-10,18H,11-12H2,1-6H3. The van der Waals surface area contributed by atoms with Crippen LogP contribution in [0.3, 0.4) is 0 Å². The lowest BCUT2D eigenvalue weighted by molar-refractivity contribution is -0.117. The second-order valence-corrected chi connectivity index (χ2v) is 7.27. The number of rotatable bonds is 4. The van der Waals surface area contributed by atoms with E-state index in [9.17, 15) is 4.79 Å². The third-order valence-corrected chi connectivity index (χ3v) is 3.04. The maximum absolute atomic E-state index is 11.9. The molecule has 19 heavy (non-hydrogen) atoms. The number of hydrogen-bond donors (Lipinski definition) is 1. The molecule has 0 atom stereocenters. The van der Waals surface area contributed by atoms with Crippen molar-refractivity contribution in [3.8, 4) is 0 Å². The van der Waals surface area contributed by atoms with Gasteiger partial charge < -0.3 is 5.32 Å². The molecule has 0 radical (unpaired) electrons. The minimum atomic E-state index is -0.00818. The van der Waals surface area contributed by atoms with Crippen molar-refractivity contribution in [1.29, 1.82) is 0 Å². The molecule has 0 spiro atoms. The molecular weight excluding hydrogens is 234 g/mol. The summed E-state index contributed by atoms with van der Waals surface area (Å²) in [7, 11) is 0. The summed E-state index contributed by atoms with van der Waals surface area (Å²) in [5.74, 6) is 0.235. The van der Waals surface area contributed by atoms with Crippen LogP contribution >= 0.6 is 0 Å². The highest BCUT2D eigenvalue weighted by atomic mass is 16.1. The van der Waals surface area contributed by atoms with Gasteiger partial charge in [-0.15, -0.1) is 0 Å². The SMILES string of the molecule is CC(C)(C)NCC(=O)Cc1ccc(C(C)(C)C)cc1. The van der Waals surface area contributed by atoms with E-state index in [2.05, 4.69) is 71.1 Å². The summed E-state index contributed by atoms with van der Waals surface area (Å²) in [6.45, 7) is 13.2. The third kappa shape index (κ3) is 6.02. The number of hydrogen-bond acceptors (Lipinski definition) is 2. The van der Waals surface area contributed by atoms with E-state index in [4.69, 9.17) is 0 Å². The molecule has 0 saturated heterocycles. The second-order valence-electron chi connectivity index (χ2n) is 7.27. The quantitative estimate of drug-likeness (QED) is 0.899. The second kappa shape index (κ2) is 5.87. The Labute approximate surface area is 117 Å². The number of benzene rings is 1. The molecule has 2 nitrogen and oxygen atoms in total. The Bertz CT molecular complexity index is 418. The van der Waals surface area contributed by atoms with Crippen LogP contribution in [0.2, 0.25) is 0 Å². The van der Waals surface area contributed by atoms with E-state index >= 15 is 0 Å². The van der Waals surface area contributed by atoms with Gasteiger partial charge in [-0.2, -0.15) is 0 Å². The van der Waals surface area contributed by atoms with Gasteiger partial charge in [0.1, 0.15) is 0 Å². The van der Waals surface area contributed by atoms with E-state index in [1.54, 1.807) is 0 Å². The van der Waals surface area contributed by atoms with Gasteiger partial charge in [0.2, 0.25) is 0 Å². The van der Waals surface area contributed by atoms with Gasteiger partial charge in [0.25, 0.3) is 0 Å². The zero-order valence-electron chi connectivity index (χ0n) is 13.1. The van der Waals surface area contributed by atoms with Crippen molar-refractivity contribution in [2.75, 3.05) is 6.54 Å². The van der Waals surface area contributed by atoms with E-state index in [1.165, 1.54) is 5.56 Å². The molecular formula is C17H27NO. The predicted octanol–water partition coefficient (Wildman–Crippen LogP) is 3.48. The van der Waals surface area contributed by atoms with Crippen LogP contribution < -0.4 is 5.32 Å². The number of Topliss-reactive ketones (excluding diaryl/α,β-unsaturated/α-hetero) is 1. The molecule has 2 heteroatoms. The zero-order valence-corrected chi connectivity index (χ0v) is 13.1. The van der Waals surface area contributed by atoms with Crippen LogP contribution in [0, 0.1) is 0 Å². The van der Waals surface area contributed by atoms with Crippen LogP contribution in [0.4, 0.5) is 0 Å². The first-order valence-electron chi connectivity index (χ1n) is 6.94. The highest BCUT2D eigenvalue weighted by molar-refractivity contribution is 5.82. The fourth-order valence-electron chi connectivity index (χ4n) is 1.78. The molecule has 1 N–H and O–H groups in total. The van der Waals surface area contributed by atoms with Gasteiger partial charge in [-0.05, 0) is 37.3 Å². The topological polar surface area (TPSA) is 29.1 Å². The van der Waals surface area contributed by atoms with Gasteiger partial charge in [-0.3, -0.25) is 4.79 Å². The minimum absolute atomic E-state index is 0.00818. The minimum Gasteiger partial charge on any atom is -0.305 e. The fraction of sp³-hybridized carbons (Fsp3) is 0.588. The van der Waals surface area contributed by atoms with E-state index in [-0.39, 0.29) is 16.7 Å². The van der Waals surface area contributed by atoms with Crippen LogP contribution in [0.25, 0.3) is 0 Å². The Morgan fingerprint density at radius 1 is 1.00 bits per heavy atom. The van der Waals surface area contributed by atoms with Gasteiger partial charge in [-0.1, -0.05) is 45.0 Å². The predicted molar refractivity (Wildman–Crippen MR) is 81.6 cm³/mol. The molecule has 0 aliphatic carbocycles. The summed E-state index contributed by atoms with van der Waals surface area (Å²) in [5, 5.41) is 3.23. The van der Waals surface area contributed by atoms with Gasteiger partial charge in [0, 0.05) is 12.0 Å². The van der Waals surface area contributed by atoms with Gasteiger partial charge in [0.15, 0.2) is 5.78 Å². The number of carbonyl (C=O) groups excluding carboxylic acids is 1. The van der Waals surface area contributed by atoms with Crippen molar-refractivity contribution in [3.05, 3.63) is 35.4 Å². The Balaban J connectivity index is 2.56. The van der Waals surface area contributed by atoms with Crippen LogP contribution in [0.1, 0.15) is 52.7 Å². The first kappa shape index (κ1) is 15.9. The van der Waals surface area contributed by atoms with Crippen LogP contribution in [0.5, 0.6) is 0 Å². The highest BCUT2D eigenvalue weighted by Gasteiger charge is 2.14. The smallest absolute Gasteiger partial charge is 0.150 e. The van der Waals surface area contributed by atoms with Crippen molar-refractivity contribution in [1.82, 2.24) is 5.32 Å². The first-order chi connectivity index (χ1) is 8.58. The first-order valence-corrected chi connectivity index (χ1v) is 6.94. The monoisotopic (exact) mass is 261 g/mol. The number of ketones is 1. The largest absolute Gasteiger partial charge is 0.305 e. The van der Waals surface area contributed by atoms with Gasteiger partial charge in [0.05, 0.1) is 6.54 Å². The van der Waals surface area contributed by atoms with Gasteiger partial charge >= 0.3 is 0 Å². The zero-order chi connectivity index (χ0) is 14.7. The third-order valence-electron chi connectivity index (χ3n) is 3.04. The lowest BCUT2D eigenvalue weighted by Crippen LogP contribution is -2.39. The van der Waals surface area contributed by atoms with E-state index < -0.39 is 0 Å². The summed E-state index contributed by atoms with van der Waals surface area (Å²) in [4.78, 5) is 11.9. The van der Waals surface area contributed by atoms with Crippen LogP contribution in [-0.2, 0) is 16.6 Å². The molecule has 1 aromatic rings. The molecule has 0 saturated carbocycles. The van der Waals surface area contributed by atoms with Crippen LogP contribution in [-0.4, -0.2) is 17.9 Å². The molecule has 0 aliphatic heterocycles. The fourth-order valence-corrected chi connectivity index (χ4v) is 1.78.